The van der Waals surface area contributed by atoms with E-state index in [2.05, 4.69) is 0 Å². The van der Waals surface area contributed by atoms with Crippen LogP contribution in [0.1, 0.15) is 41.3 Å². The number of hydrogen-bond donors (Lipinski definition) is 0. The fraction of sp³-hybridized carbons (Fsp3) is 0.333. The Labute approximate surface area is 166 Å². The number of carbonyl (C=O) groups excluding carboxylic acids is 2. The van der Waals surface area contributed by atoms with Crippen LogP contribution in [-0.4, -0.2) is 38.1 Å². The van der Waals surface area contributed by atoms with E-state index in [0.29, 0.717) is 12.0 Å². The van der Waals surface area contributed by atoms with Gasteiger partial charge in [-0.1, -0.05) is 42.0 Å². The van der Waals surface area contributed by atoms with Gasteiger partial charge in [-0.05, 0) is 38.0 Å². The van der Waals surface area contributed by atoms with Gasteiger partial charge in [-0.15, -0.1) is 0 Å². The minimum atomic E-state index is -3.67. The number of benzene rings is 2. The Morgan fingerprint density at radius 3 is 2.18 bits per heavy atom. The summed E-state index contributed by atoms with van der Waals surface area (Å²) in [7, 11) is -2.20. The topological polar surface area (TPSA) is 80.8 Å². The maximum absolute atomic E-state index is 12.6. The van der Waals surface area contributed by atoms with Gasteiger partial charge in [0.1, 0.15) is 6.61 Å². The lowest BCUT2D eigenvalue weighted by Crippen LogP contribution is -2.28. The molecule has 2 aromatic carbocycles. The summed E-state index contributed by atoms with van der Waals surface area (Å²) in [6.07, 6.45) is 0.489. The van der Waals surface area contributed by atoms with Crippen LogP contribution in [-0.2, 0) is 26.2 Å². The molecule has 0 radical (unpaired) electrons. The first kappa shape index (κ1) is 21.8. The lowest BCUT2D eigenvalue weighted by atomic mass is 10.2. The molecule has 150 valence electrons. The Bertz CT molecular complexity index is 918. The maximum atomic E-state index is 12.6. The number of nitrogens with zero attached hydrogens (tertiary/aromatic N) is 1. The van der Waals surface area contributed by atoms with Gasteiger partial charge in [-0.3, -0.25) is 9.59 Å². The third kappa shape index (κ3) is 6.00. The second-order valence-electron chi connectivity index (χ2n) is 6.66. The largest absolute Gasteiger partial charge is 0.461 e. The molecule has 0 bridgehead atoms. The summed E-state index contributed by atoms with van der Waals surface area (Å²) in [6, 6.07) is 13.5. The number of sulfonamides is 1. The zero-order chi connectivity index (χ0) is 20.7. The molecule has 0 fully saturated rings. The van der Waals surface area contributed by atoms with E-state index in [0.717, 1.165) is 11.1 Å². The van der Waals surface area contributed by atoms with E-state index in [9.17, 15) is 18.0 Å². The van der Waals surface area contributed by atoms with Crippen molar-refractivity contribution < 1.29 is 22.7 Å². The van der Waals surface area contributed by atoms with Crippen LogP contribution in [0.15, 0.2) is 53.4 Å². The fourth-order valence-electron chi connectivity index (χ4n) is 2.53. The molecular formula is C21H25NO5S. The van der Waals surface area contributed by atoms with Crippen LogP contribution in [0.4, 0.5) is 0 Å². The number of carbonyl (C=O) groups is 2. The molecule has 0 unspecified atom stereocenters. The van der Waals surface area contributed by atoms with Gasteiger partial charge in [0.2, 0.25) is 10.0 Å². The summed E-state index contributed by atoms with van der Waals surface area (Å²) in [5.41, 5.74) is 2.50. The van der Waals surface area contributed by atoms with Gasteiger partial charge in [0.25, 0.3) is 0 Å². The highest BCUT2D eigenvalue weighted by Gasteiger charge is 2.21. The zero-order valence-corrected chi connectivity index (χ0v) is 17.2. The number of hydrogen-bond acceptors (Lipinski definition) is 5. The van der Waals surface area contributed by atoms with Crippen molar-refractivity contribution in [3.63, 3.8) is 0 Å². The molecule has 7 heteroatoms. The first-order valence-corrected chi connectivity index (χ1v) is 10.4. The van der Waals surface area contributed by atoms with E-state index in [-0.39, 0.29) is 36.2 Å². The maximum Gasteiger partial charge on any atom is 0.306 e. The first-order chi connectivity index (χ1) is 13.2. The van der Waals surface area contributed by atoms with Gasteiger partial charge in [0, 0.05) is 25.6 Å². The minimum absolute atomic E-state index is 0.113. The normalized spacial score (nSPS) is 11.4. The number of aryl methyl sites for hydroxylation is 1. The predicted molar refractivity (Wildman–Crippen MR) is 106 cm³/mol. The molecule has 28 heavy (non-hydrogen) atoms. The van der Waals surface area contributed by atoms with E-state index in [1.165, 1.54) is 42.5 Å². The average Bonchev–Trinajstić information content (AvgIpc) is 2.67. The third-order valence-corrected chi connectivity index (χ3v) is 6.21. The quantitative estimate of drug-likeness (QED) is 0.474. The van der Waals surface area contributed by atoms with E-state index >= 15 is 0 Å². The number of Topliss-reactive ketones (excluding diaryl/α,β-unsaturated/α-hetero) is 1. The number of esters is 1. The van der Waals surface area contributed by atoms with Crippen molar-refractivity contribution in [1.29, 1.82) is 0 Å². The summed E-state index contributed by atoms with van der Waals surface area (Å²) < 4.78 is 31.5. The molecule has 0 aliphatic rings. The minimum Gasteiger partial charge on any atom is -0.461 e. The van der Waals surface area contributed by atoms with Gasteiger partial charge in [-0.2, -0.15) is 0 Å². The molecule has 0 heterocycles. The second-order valence-corrected chi connectivity index (χ2v) is 8.70. The predicted octanol–water partition coefficient (Wildman–Crippen LogP) is 3.34. The number of rotatable bonds is 9. The Kier molecular flexibility index (Phi) is 7.48. The van der Waals surface area contributed by atoms with Crippen LogP contribution in [0.5, 0.6) is 0 Å². The highest BCUT2D eigenvalue weighted by Crippen LogP contribution is 2.16. The van der Waals surface area contributed by atoms with E-state index < -0.39 is 10.0 Å². The van der Waals surface area contributed by atoms with Gasteiger partial charge in [0.05, 0.1) is 4.90 Å². The Morgan fingerprint density at radius 2 is 1.61 bits per heavy atom. The first-order valence-electron chi connectivity index (χ1n) is 8.98. The monoisotopic (exact) mass is 403 g/mol. The third-order valence-electron chi connectivity index (χ3n) is 4.34. The highest BCUT2D eigenvalue weighted by atomic mass is 32.2. The van der Waals surface area contributed by atoms with Crippen LogP contribution in [0, 0.1) is 6.92 Å². The molecule has 0 spiro atoms. The Hall–Kier alpha value is -2.51. The summed E-state index contributed by atoms with van der Waals surface area (Å²) in [5, 5.41) is 0. The van der Waals surface area contributed by atoms with Gasteiger partial charge >= 0.3 is 5.97 Å². The van der Waals surface area contributed by atoms with Crippen molar-refractivity contribution in [2.75, 3.05) is 13.6 Å². The average molecular weight is 404 g/mol. The van der Waals surface area contributed by atoms with Crippen LogP contribution < -0.4 is 0 Å². The standard InChI is InChI=1S/C21H25NO5S/c1-16-6-8-18(9-7-16)15-27-21(24)5-4-14-22(3)28(25,26)20-12-10-19(11-13-20)17(2)23/h6-13H,4-5,14-15H2,1-3H3. The van der Waals surface area contributed by atoms with Gasteiger partial charge in [0.15, 0.2) is 5.78 Å². The molecule has 2 rings (SSSR count). The molecule has 0 aliphatic carbocycles. The van der Waals surface area contributed by atoms with Gasteiger partial charge < -0.3 is 4.74 Å². The number of ether oxygens (including phenoxy) is 1. The second kappa shape index (κ2) is 9.61. The molecule has 0 amide bonds. The van der Waals surface area contributed by atoms with Crippen LogP contribution in [0.3, 0.4) is 0 Å². The van der Waals surface area contributed by atoms with Crippen LogP contribution >= 0.6 is 0 Å². The van der Waals surface area contributed by atoms with Crippen molar-refractivity contribution in [3.8, 4) is 0 Å². The summed E-state index contributed by atoms with van der Waals surface area (Å²) >= 11 is 0. The molecule has 6 nitrogen and oxygen atoms in total. The molecule has 0 aromatic heterocycles. The smallest absolute Gasteiger partial charge is 0.306 e. The molecule has 0 saturated carbocycles. The number of ketones is 1. The summed E-state index contributed by atoms with van der Waals surface area (Å²) in [6.45, 7) is 3.80. The van der Waals surface area contributed by atoms with Gasteiger partial charge in [-0.25, -0.2) is 12.7 Å². The molecule has 0 saturated heterocycles. The Balaban J connectivity index is 1.81. The lowest BCUT2D eigenvalue weighted by Gasteiger charge is -2.17. The van der Waals surface area contributed by atoms with E-state index in [4.69, 9.17) is 4.74 Å². The van der Waals surface area contributed by atoms with Crippen molar-refractivity contribution >= 4 is 21.8 Å². The zero-order valence-electron chi connectivity index (χ0n) is 16.3. The molecular weight excluding hydrogens is 378 g/mol. The van der Waals surface area contributed by atoms with Crippen molar-refractivity contribution in [2.24, 2.45) is 0 Å². The highest BCUT2D eigenvalue weighted by molar-refractivity contribution is 7.89. The Morgan fingerprint density at radius 1 is 1.00 bits per heavy atom. The SMILES string of the molecule is CC(=O)c1ccc(S(=O)(=O)N(C)CCCC(=O)OCc2ccc(C)cc2)cc1. The van der Waals surface area contributed by atoms with Crippen molar-refractivity contribution in [2.45, 2.75) is 38.2 Å². The molecule has 0 aliphatic heterocycles. The van der Waals surface area contributed by atoms with E-state index in [1.54, 1.807) is 0 Å². The van der Waals surface area contributed by atoms with Crippen molar-refractivity contribution in [1.82, 2.24) is 4.31 Å². The lowest BCUT2D eigenvalue weighted by molar-refractivity contribution is -0.145. The van der Waals surface area contributed by atoms with Crippen LogP contribution in [0.2, 0.25) is 0 Å². The molecule has 0 N–H and O–H groups in total. The van der Waals surface area contributed by atoms with Crippen LogP contribution in [0.25, 0.3) is 0 Å². The summed E-state index contributed by atoms with van der Waals surface area (Å²) in [5.74, 6) is -0.487. The van der Waals surface area contributed by atoms with E-state index in [1.807, 2.05) is 31.2 Å². The molecule has 0 atom stereocenters. The molecule has 2 aromatic rings. The van der Waals surface area contributed by atoms with Crippen molar-refractivity contribution in [3.05, 3.63) is 65.2 Å². The summed E-state index contributed by atoms with van der Waals surface area (Å²) in [4.78, 5) is 23.3. The fourth-order valence-corrected chi connectivity index (χ4v) is 3.74.